The molecule has 3 fully saturated rings. The number of aliphatic hydroxyl groups is 1. The van der Waals surface area contributed by atoms with Crippen molar-refractivity contribution in [2.75, 3.05) is 13.1 Å². The number of hydrogen-bond donors (Lipinski definition) is 1. The van der Waals surface area contributed by atoms with Crippen LogP contribution >= 0.6 is 23.2 Å². The Morgan fingerprint density at radius 3 is 2.39 bits per heavy atom. The highest BCUT2D eigenvalue weighted by Crippen LogP contribution is 2.62. The molecule has 9 heteroatoms. The second-order valence-corrected chi connectivity index (χ2v) is 11.5. The predicted octanol–water partition coefficient (Wildman–Crippen LogP) is 5.79. The van der Waals surface area contributed by atoms with Gasteiger partial charge in [0.1, 0.15) is 17.1 Å². The number of carbonyl (C=O) groups is 1. The molecule has 2 unspecified atom stereocenters. The van der Waals surface area contributed by atoms with Crippen LogP contribution in [0.25, 0.3) is 11.3 Å². The number of aromatic nitrogens is 2. The Morgan fingerprint density at radius 2 is 1.85 bits per heavy atom. The van der Waals surface area contributed by atoms with E-state index in [4.69, 9.17) is 32.5 Å². The fourth-order valence-electron chi connectivity index (χ4n) is 5.45. The smallest absolute Gasteiger partial charge is 0.410 e. The Morgan fingerprint density at radius 1 is 1.21 bits per heavy atom. The van der Waals surface area contributed by atoms with E-state index in [2.05, 4.69) is 10.1 Å². The lowest BCUT2D eigenvalue weighted by atomic mass is 9.51. The van der Waals surface area contributed by atoms with E-state index in [1.54, 1.807) is 17.3 Å². The Kier molecular flexibility index (Phi) is 5.66. The number of likely N-dealkylation sites (tertiary alicyclic amines) is 1. The Labute approximate surface area is 203 Å². The SMILES string of the molecule is CC(C)(C)OC(=O)N1CCC2(CC1)CC(O)C2c1c(-c2c(Cl)cncc2Cl)noc1C1CC1. The van der Waals surface area contributed by atoms with E-state index >= 15 is 0 Å². The van der Waals surface area contributed by atoms with E-state index in [9.17, 15) is 9.90 Å². The molecular formula is C24H29Cl2N3O4. The average molecular weight is 494 g/mol. The number of ether oxygens (including phenoxy) is 1. The number of rotatable bonds is 3. The molecule has 1 N–H and O–H groups in total. The van der Waals surface area contributed by atoms with Crippen LogP contribution in [0, 0.1) is 5.41 Å². The summed E-state index contributed by atoms with van der Waals surface area (Å²) in [7, 11) is 0. The highest BCUT2D eigenvalue weighted by Gasteiger charge is 2.58. The molecule has 7 nitrogen and oxygen atoms in total. The fourth-order valence-corrected chi connectivity index (χ4v) is 6.00. The number of hydrogen-bond acceptors (Lipinski definition) is 6. The van der Waals surface area contributed by atoms with Gasteiger partial charge in [-0.25, -0.2) is 4.79 Å². The molecule has 2 aromatic rings. The van der Waals surface area contributed by atoms with Crippen molar-refractivity contribution in [3.8, 4) is 11.3 Å². The maximum absolute atomic E-state index is 12.6. The molecule has 2 atom stereocenters. The van der Waals surface area contributed by atoms with Crippen LogP contribution in [0.15, 0.2) is 16.9 Å². The van der Waals surface area contributed by atoms with Crippen LogP contribution < -0.4 is 0 Å². The second-order valence-electron chi connectivity index (χ2n) is 10.6. The van der Waals surface area contributed by atoms with Crippen molar-refractivity contribution in [1.29, 1.82) is 0 Å². The quantitative estimate of drug-likeness (QED) is 0.582. The lowest BCUT2D eigenvalue weighted by Crippen LogP contribution is -2.56. The normalized spacial score (nSPS) is 24.6. The van der Waals surface area contributed by atoms with E-state index in [0.29, 0.717) is 46.7 Å². The molecule has 178 valence electrons. The standard InChI is InChI=1S/C24H29Cl2N3O4/c1-23(2,3)32-22(31)29-8-6-24(7-9-29)10-16(30)19(24)18-20(28-33-21(18)13-4-5-13)17-14(25)11-27-12-15(17)26/h11-13,16,19,30H,4-10H2,1-3H3. The van der Waals surface area contributed by atoms with Gasteiger partial charge in [0, 0.05) is 48.4 Å². The third-order valence-electron chi connectivity index (χ3n) is 7.18. The van der Waals surface area contributed by atoms with Crippen molar-refractivity contribution >= 4 is 29.3 Å². The minimum absolute atomic E-state index is 0.131. The van der Waals surface area contributed by atoms with E-state index in [1.807, 2.05) is 20.8 Å². The van der Waals surface area contributed by atoms with Gasteiger partial charge >= 0.3 is 6.09 Å². The molecule has 2 aliphatic carbocycles. The number of pyridine rings is 1. The summed E-state index contributed by atoms with van der Waals surface area (Å²) in [6.07, 6.45) is 6.63. The number of aliphatic hydroxyl groups excluding tert-OH is 1. The molecule has 33 heavy (non-hydrogen) atoms. The van der Waals surface area contributed by atoms with Gasteiger partial charge in [0.05, 0.1) is 16.1 Å². The lowest BCUT2D eigenvalue weighted by Gasteiger charge is -2.56. The molecule has 1 aliphatic heterocycles. The highest BCUT2D eigenvalue weighted by atomic mass is 35.5. The van der Waals surface area contributed by atoms with Crippen LogP contribution in [-0.2, 0) is 4.74 Å². The van der Waals surface area contributed by atoms with Crippen LogP contribution in [0.4, 0.5) is 4.79 Å². The van der Waals surface area contributed by atoms with Gasteiger partial charge in [-0.2, -0.15) is 0 Å². The van der Waals surface area contributed by atoms with Crippen molar-refractivity contribution in [3.63, 3.8) is 0 Å². The van der Waals surface area contributed by atoms with Crippen LogP contribution in [0.5, 0.6) is 0 Å². The summed E-state index contributed by atoms with van der Waals surface area (Å²) in [4.78, 5) is 18.4. The summed E-state index contributed by atoms with van der Waals surface area (Å²) in [6.45, 7) is 6.80. The van der Waals surface area contributed by atoms with Gasteiger partial charge in [-0.3, -0.25) is 4.98 Å². The summed E-state index contributed by atoms with van der Waals surface area (Å²) in [6, 6.07) is 0. The Balaban J connectivity index is 1.46. The average Bonchev–Trinajstić information content (AvgIpc) is 3.49. The molecule has 3 heterocycles. The largest absolute Gasteiger partial charge is 0.444 e. The number of nitrogens with zero attached hydrogens (tertiary/aromatic N) is 3. The second kappa shape index (κ2) is 8.14. The summed E-state index contributed by atoms with van der Waals surface area (Å²) in [5.74, 6) is 1.01. The lowest BCUT2D eigenvalue weighted by molar-refractivity contribution is -0.0960. The summed E-state index contributed by atoms with van der Waals surface area (Å²) < 4.78 is 11.4. The van der Waals surface area contributed by atoms with Crippen molar-refractivity contribution in [3.05, 3.63) is 33.8 Å². The molecule has 1 amide bonds. The van der Waals surface area contributed by atoms with Crippen LogP contribution in [0.1, 0.15) is 76.0 Å². The van der Waals surface area contributed by atoms with E-state index in [-0.39, 0.29) is 17.4 Å². The number of carbonyl (C=O) groups excluding carboxylic acids is 1. The van der Waals surface area contributed by atoms with Crippen LogP contribution in [0.2, 0.25) is 10.0 Å². The van der Waals surface area contributed by atoms with Gasteiger partial charge in [0.25, 0.3) is 0 Å². The van der Waals surface area contributed by atoms with Gasteiger partial charge in [-0.15, -0.1) is 0 Å². The van der Waals surface area contributed by atoms with Gasteiger partial charge in [0.15, 0.2) is 0 Å². The zero-order valence-electron chi connectivity index (χ0n) is 19.1. The number of piperidine rings is 1. The van der Waals surface area contributed by atoms with Gasteiger partial charge < -0.3 is 19.3 Å². The maximum Gasteiger partial charge on any atom is 0.410 e. The zero-order valence-corrected chi connectivity index (χ0v) is 20.6. The van der Waals surface area contributed by atoms with Gasteiger partial charge in [0.2, 0.25) is 0 Å². The molecule has 0 aromatic carbocycles. The molecular weight excluding hydrogens is 465 g/mol. The first kappa shape index (κ1) is 22.9. The summed E-state index contributed by atoms with van der Waals surface area (Å²) >= 11 is 13.0. The summed E-state index contributed by atoms with van der Waals surface area (Å²) in [5, 5.41) is 16.2. The van der Waals surface area contributed by atoms with Crippen LogP contribution in [-0.4, -0.2) is 51.0 Å². The minimum Gasteiger partial charge on any atom is -0.444 e. The predicted molar refractivity (Wildman–Crippen MR) is 125 cm³/mol. The van der Waals surface area contributed by atoms with Crippen molar-refractivity contribution in [2.24, 2.45) is 5.41 Å². The third kappa shape index (κ3) is 4.13. The third-order valence-corrected chi connectivity index (χ3v) is 7.75. The van der Waals surface area contributed by atoms with Gasteiger partial charge in [-0.1, -0.05) is 28.4 Å². The molecule has 1 spiro atoms. The molecule has 2 saturated carbocycles. The molecule has 3 aliphatic rings. The molecule has 0 bridgehead atoms. The first-order valence-electron chi connectivity index (χ1n) is 11.5. The maximum atomic E-state index is 12.6. The minimum atomic E-state index is -0.527. The Hall–Kier alpha value is -1.83. The Bertz CT molecular complexity index is 1050. The monoisotopic (exact) mass is 493 g/mol. The molecule has 2 aromatic heterocycles. The first-order valence-corrected chi connectivity index (χ1v) is 12.3. The topological polar surface area (TPSA) is 88.7 Å². The molecule has 1 saturated heterocycles. The molecule has 5 rings (SSSR count). The van der Waals surface area contributed by atoms with Crippen molar-refractivity contribution in [2.45, 2.75) is 76.4 Å². The van der Waals surface area contributed by atoms with Gasteiger partial charge in [-0.05, 0) is 58.3 Å². The van der Waals surface area contributed by atoms with E-state index in [0.717, 1.165) is 37.0 Å². The van der Waals surface area contributed by atoms with E-state index < -0.39 is 11.7 Å². The van der Waals surface area contributed by atoms with Crippen LogP contribution in [0.3, 0.4) is 0 Å². The van der Waals surface area contributed by atoms with E-state index in [1.165, 1.54) is 0 Å². The fraction of sp³-hybridized carbons (Fsp3) is 0.625. The number of amides is 1. The zero-order chi connectivity index (χ0) is 23.5. The first-order chi connectivity index (χ1) is 15.6. The molecule has 0 radical (unpaired) electrons. The van der Waals surface area contributed by atoms with Crippen molar-refractivity contribution < 1.29 is 19.2 Å². The highest BCUT2D eigenvalue weighted by molar-refractivity contribution is 6.38. The van der Waals surface area contributed by atoms with Crippen molar-refractivity contribution in [1.82, 2.24) is 15.0 Å². The number of halogens is 2. The summed E-state index contributed by atoms with van der Waals surface area (Å²) in [5.41, 5.74) is 1.47.